The molecule has 0 bridgehead atoms. The first-order chi connectivity index (χ1) is 16.9. The van der Waals surface area contributed by atoms with E-state index in [2.05, 4.69) is 0 Å². The molecule has 2 heterocycles. The number of nitrogens with two attached hydrogens (primary N) is 1. The zero-order valence-electron chi connectivity index (χ0n) is 17.8. The zero-order valence-corrected chi connectivity index (χ0v) is 18.6. The van der Waals surface area contributed by atoms with Gasteiger partial charge >= 0.3 is 12.4 Å². The lowest BCUT2D eigenvalue weighted by Gasteiger charge is -2.23. The highest BCUT2D eigenvalue weighted by Gasteiger charge is 2.35. The fraction of sp³-hybridized carbons (Fsp3) is 0.125. The molecule has 5 nitrogen and oxygen atoms in total. The van der Waals surface area contributed by atoms with E-state index >= 15 is 0 Å². The van der Waals surface area contributed by atoms with Crippen molar-refractivity contribution in [1.82, 2.24) is 4.57 Å². The van der Waals surface area contributed by atoms with Gasteiger partial charge in [-0.05, 0) is 35.4 Å². The number of nitriles is 2. The van der Waals surface area contributed by atoms with Crippen molar-refractivity contribution in [3.8, 4) is 12.1 Å². The molecule has 4 rings (SSSR count). The van der Waals surface area contributed by atoms with Crippen LogP contribution in [0.2, 0.25) is 0 Å². The van der Waals surface area contributed by atoms with Crippen LogP contribution in [0.3, 0.4) is 0 Å². The molecule has 1 aliphatic heterocycles. The first-order valence-electron chi connectivity index (χ1n) is 9.99. The molecule has 0 fully saturated rings. The molecule has 0 spiro atoms. The SMILES string of the molecule is N#CC1=C(N)n2c(sc(=O)c2=Cc2cccc(C(F)(F)F)c2)=C(C#N)[C@H]1c1cccc(C(F)(F)F)c1. The zero-order chi connectivity index (χ0) is 26.4. The maximum atomic E-state index is 13.3. The minimum atomic E-state index is -4.68. The topological polar surface area (TPSA) is 95.6 Å². The normalized spacial score (nSPS) is 16.5. The van der Waals surface area contributed by atoms with Crippen molar-refractivity contribution >= 4 is 28.8 Å². The molecule has 3 aromatic rings. The molecule has 0 amide bonds. The summed E-state index contributed by atoms with van der Waals surface area (Å²) in [7, 11) is 0. The second-order valence-corrected chi connectivity index (χ2v) is 8.64. The molecule has 2 aromatic carbocycles. The van der Waals surface area contributed by atoms with Crippen LogP contribution in [0.4, 0.5) is 26.3 Å². The van der Waals surface area contributed by atoms with Crippen LogP contribution in [-0.4, -0.2) is 4.57 Å². The molecular formula is C24H12F6N4OS. The predicted molar refractivity (Wildman–Crippen MR) is 119 cm³/mol. The highest BCUT2D eigenvalue weighted by molar-refractivity contribution is 7.07. The lowest BCUT2D eigenvalue weighted by atomic mass is 9.84. The van der Waals surface area contributed by atoms with Crippen molar-refractivity contribution in [2.45, 2.75) is 18.3 Å². The maximum absolute atomic E-state index is 13.3. The van der Waals surface area contributed by atoms with Gasteiger partial charge in [-0.15, -0.1) is 0 Å². The van der Waals surface area contributed by atoms with E-state index in [1.807, 2.05) is 12.1 Å². The van der Waals surface area contributed by atoms with Gasteiger partial charge in [0.05, 0.1) is 40.3 Å². The van der Waals surface area contributed by atoms with Crippen LogP contribution in [0.1, 0.15) is 28.2 Å². The number of halogens is 6. The number of nitrogens with zero attached hydrogens (tertiary/aromatic N) is 3. The van der Waals surface area contributed by atoms with E-state index in [1.54, 1.807) is 0 Å². The molecule has 0 radical (unpaired) electrons. The van der Waals surface area contributed by atoms with Crippen LogP contribution in [0, 0.1) is 22.7 Å². The number of fused-ring (bicyclic) bond motifs is 1. The summed E-state index contributed by atoms with van der Waals surface area (Å²) in [5, 5.41) is 19.5. The number of alkyl halides is 6. The fourth-order valence-electron chi connectivity index (χ4n) is 3.89. The Morgan fingerprint density at radius 2 is 1.50 bits per heavy atom. The molecule has 36 heavy (non-hydrogen) atoms. The van der Waals surface area contributed by atoms with Gasteiger partial charge < -0.3 is 5.73 Å². The maximum Gasteiger partial charge on any atom is 0.416 e. The van der Waals surface area contributed by atoms with Crippen LogP contribution >= 0.6 is 11.3 Å². The van der Waals surface area contributed by atoms with E-state index in [1.165, 1.54) is 12.1 Å². The first-order valence-corrected chi connectivity index (χ1v) is 10.8. The van der Waals surface area contributed by atoms with Crippen molar-refractivity contribution in [2.24, 2.45) is 5.73 Å². The molecule has 1 aliphatic rings. The quantitative estimate of drug-likeness (QED) is 0.521. The van der Waals surface area contributed by atoms with Crippen molar-refractivity contribution in [3.05, 3.63) is 95.9 Å². The van der Waals surface area contributed by atoms with E-state index in [0.717, 1.165) is 47.0 Å². The number of aromatic nitrogens is 1. The van der Waals surface area contributed by atoms with Crippen LogP contribution < -0.4 is 20.5 Å². The summed E-state index contributed by atoms with van der Waals surface area (Å²) in [5.41, 5.74) is 3.74. The minimum absolute atomic E-state index is 0.0137. The van der Waals surface area contributed by atoms with Crippen molar-refractivity contribution in [2.75, 3.05) is 0 Å². The Balaban J connectivity index is 2.03. The van der Waals surface area contributed by atoms with E-state index < -0.39 is 34.1 Å². The molecule has 182 valence electrons. The Bertz CT molecular complexity index is 1680. The third-order valence-electron chi connectivity index (χ3n) is 5.47. The summed E-state index contributed by atoms with van der Waals surface area (Å²) in [6.45, 7) is 0. The van der Waals surface area contributed by atoms with Gasteiger partial charge in [0.2, 0.25) is 0 Å². The van der Waals surface area contributed by atoms with Gasteiger partial charge in [-0.2, -0.15) is 36.9 Å². The van der Waals surface area contributed by atoms with Crippen molar-refractivity contribution < 1.29 is 26.3 Å². The standard InChI is InChI=1S/C24H12F6N4OS/c25-23(26,27)14-5-1-3-12(7-14)8-18-22(35)36-21-17(11-32)19(16(10-31)20(33)34(18)21)13-4-2-6-15(9-13)24(28,29)30/h1-9,19H,33H2/t19-/m0/s1. The van der Waals surface area contributed by atoms with Crippen LogP contribution in [0.15, 0.2) is 58.9 Å². The molecule has 2 N–H and O–H groups in total. The summed E-state index contributed by atoms with van der Waals surface area (Å²) < 4.78 is 79.6. The Morgan fingerprint density at radius 3 is 2.08 bits per heavy atom. The summed E-state index contributed by atoms with van der Waals surface area (Å²) in [6.07, 6.45) is -8.17. The highest BCUT2D eigenvalue weighted by Crippen LogP contribution is 2.38. The third-order valence-corrected chi connectivity index (χ3v) is 6.46. The molecule has 12 heteroatoms. The number of thiazole rings is 1. The molecule has 0 aliphatic carbocycles. The van der Waals surface area contributed by atoms with Gasteiger partial charge in [0.25, 0.3) is 4.74 Å². The number of allylic oxidation sites excluding steroid dienone is 1. The Kier molecular flexibility index (Phi) is 6.02. The monoisotopic (exact) mass is 518 g/mol. The van der Waals surface area contributed by atoms with E-state index in [0.29, 0.717) is 11.3 Å². The van der Waals surface area contributed by atoms with Crippen LogP contribution in [0.25, 0.3) is 17.5 Å². The van der Waals surface area contributed by atoms with Crippen LogP contribution in [-0.2, 0) is 12.4 Å². The number of benzene rings is 2. The Hall–Kier alpha value is -4.29. The first kappa shape index (κ1) is 24.8. The molecule has 1 aromatic heterocycles. The van der Waals surface area contributed by atoms with E-state index in [9.17, 15) is 41.7 Å². The number of hydrogen-bond acceptors (Lipinski definition) is 5. The van der Waals surface area contributed by atoms with Gasteiger partial charge in [-0.3, -0.25) is 9.36 Å². The number of rotatable bonds is 2. The van der Waals surface area contributed by atoms with Gasteiger partial charge in [0.15, 0.2) is 0 Å². The third kappa shape index (κ3) is 4.27. The molecule has 1 atom stereocenters. The second-order valence-electron chi connectivity index (χ2n) is 7.68. The van der Waals surface area contributed by atoms with E-state index in [4.69, 9.17) is 5.73 Å². The molecular weight excluding hydrogens is 506 g/mol. The average molecular weight is 518 g/mol. The summed E-state index contributed by atoms with van der Waals surface area (Å²) >= 11 is 0.552. The van der Waals surface area contributed by atoms with Gasteiger partial charge in [-0.1, -0.05) is 41.7 Å². The van der Waals surface area contributed by atoms with Crippen molar-refractivity contribution in [3.63, 3.8) is 0 Å². The molecule has 0 saturated heterocycles. The summed E-state index contributed by atoms with van der Waals surface area (Å²) in [4.78, 5) is 12.8. The lowest BCUT2D eigenvalue weighted by molar-refractivity contribution is -0.138. The number of hydrogen-bond donors (Lipinski definition) is 1. The van der Waals surface area contributed by atoms with Crippen LogP contribution in [0.5, 0.6) is 0 Å². The minimum Gasteiger partial charge on any atom is -0.384 e. The van der Waals surface area contributed by atoms with Gasteiger partial charge in [0, 0.05) is 0 Å². The van der Waals surface area contributed by atoms with Gasteiger partial charge in [0.1, 0.15) is 15.8 Å². The Labute approximate surface area is 202 Å². The van der Waals surface area contributed by atoms with E-state index in [-0.39, 0.29) is 38.1 Å². The fourth-order valence-corrected chi connectivity index (χ4v) is 4.88. The average Bonchev–Trinajstić information content (AvgIpc) is 3.14. The predicted octanol–water partition coefficient (Wildman–Crippen LogP) is 3.90. The Morgan fingerprint density at radius 1 is 0.917 bits per heavy atom. The van der Waals surface area contributed by atoms with Gasteiger partial charge in [-0.25, -0.2) is 0 Å². The van der Waals surface area contributed by atoms with Crippen molar-refractivity contribution in [1.29, 1.82) is 10.5 Å². The smallest absolute Gasteiger partial charge is 0.384 e. The summed E-state index contributed by atoms with van der Waals surface area (Å²) in [5.74, 6) is -1.59. The summed E-state index contributed by atoms with van der Waals surface area (Å²) in [6, 6.07) is 11.9. The second kappa shape index (κ2) is 8.73. The molecule has 0 unspecified atom stereocenters. The lowest BCUT2D eigenvalue weighted by Crippen LogP contribution is -2.38. The largest absolute Gasteiger partial charge is 0.416 e. The highest BCUT2D eigenvalue weighted by atomic mass is 32.1. The molecule has 0 saturated carbocycles.